The summed E-state index contributed by atoms with van der Waals surface area (Å²) in [7, 11) is 0. The number of phenolic OH excluding ortho intramolecular Hbond substituents is 1. The average molecular weight is 381 g/mol. The topological polar surface area (TPSA) is 86.3 Å². The van der Waals surface area contributed by atoms with Crippen molar-refractivity contribution < 1.29 is 14.6 Å². The molecule has 0 saturated carbocycles. The Bertz CT molecular complexity index is 1150. The van der Waals surface area contributed by atoms with Crippen LogP contribution in [-0.2, 0) is 11.3 Å². The predicted molar refractivity (Wildman–Crippen MR) is 106 cm³/mol. The lowest BCUT2D eigenvalue weighted by atomic mass is 9.85. The summed E-state index contributed by atoms with van der Waals surface area (Å²) in [5.41, 5.74) is 1.68. The summed E-state index contributed by atoms with van der Waals surface area (Å²) in [5.74, 6) is -0.477. The van der Waals surface area contributed by atoms with Crippen LogP contribution in [0.3, 0.4) is 0 Å². The Morgan fingerprint density at radius 2 is 2.07 bits per heavy atom. The zero-order chi connectivity index (χ0) is 20.2. The molecule has 1 aliphatic heterocycles. The van der Waals surface area contributed by atoms with Crippen LogP contribution in [0.15, 0.2) is 35.3 Å². The Morgan fingerprint density at radius 3 is 2.75 bits per heavy atom. The standard InChI is InChI=1S/C21H23N3O4/c1-5-28-20(27)14-10-23-16(9-17(14)26)19-13-8-12(25)6-7-15(13)22-24(19)11-18(23)21(2,3)4/h6-10,18,25H,5,11H2,1-4H3. The van der Waals surface area contributed by atoms with E-state index in [0.29, 0.717) is 12.2 Å². The number of aromatic hydroxyl groups is 1. The number of fused-ring (bicyclic) bond motifs is 5. The van der Waals surface area contributed by atoms with Gasteiger partial charge in [0.25, 0.3) is 0 Å². The molecule has 0 fully saturated rings. The maximum Gasteiger partial charge on any atom is 0.343 e. The van der Waals surface area contributed by atoms with Crippen molar-refractivity contribution in [2.75, 3.05) is 6.61 Å². The number of carbonyl (C=O) groups excluding carboxylic acids is 1. The minimum atomic E-state index is -0.614. The van der Waals surface area contributed by atoms with E-state index in [9.17, 15) is 14.7 Å². The molecule has 3 aromatic rings. The zero-order valence-electron chi connectivity index (χ0n) is 16.4. The molecule has 1 atom stereocenters. The lowest BCUT2D eigenvalue weighted by Crippen LogP contribution is -2.35. The highest BCUT2D eigenvalue weighted by molar-refractivity contribution is 5.95. The van der Waals surface area contributed by atoms with E-state index in [1.165, 1.54) is 6.07 Å². The van der Waals surface area contributed by atoms with Gasteiger partial charge in [-0.15, -0.1) is 0 Å². The number of hydrogen-bond acceptors (Lipinski definition) is 5. The number of hydrogen-bond donors (Lipinski definition) is 1. The number of rotatable bonds is 2. The average Bonchev–Trinajstić information content (AvgIpc) is 2.97. The van der Waals surface area contributed by atoms with E-state index in [1.54, 1.807) is 31.3 Å². The lowest BCUT2D eigenvalue weighted by molar-refractivity contribution is 0.0522. The van der Waals surface area contributed by atoms with Crippen molar-refractivity contribution in [2.24, 2.45) is 5.41 Å². The number of esters is 1. The van der Waals surface area contributed by atoms with E-state index < -0.39 is 5.97 Å². The maximum absolute atomic E-state index is 12.7. The van der Waals surface area contributed by atoms with Crippen molar-refractivity contribution in [1.29, 1.82) is 0 Å². The van der Waals surface area contributed by atoms with Crippen LogP contribution in [0.25, 0.3) is 22.3 Å². The molecule has 0 radical (unpaired) electrons. The van der Waals surface area contributed by atoms with Gasteiger partial charge in [-0.25, -0.2) is 4.79 Å². The summed E-state index contributed by atoms with van der Waals surface area (Å²) < 4.78 is 8.93. The molecule has 1 N–H and O–H groups in total. The van der Waals surface area contributed by atoms with Gasteiger partial charge in [-0.3, -0.25) is 9.48 Å². The molecule has 4 rings (SSSR count). The second-order valence-corrected chi connectivity index (χ2v) is 8.18. The maximum atomic E-state index is 12.7. The summed E-state index contributed by atoms with van der Waals surface area (Å²) in [4.78, 5) is 25.0. The molecule has 0 aliphatic carbocycles. The van der Waals surface area contributed by atoms with Gasteiger partial charge < -0.3 is 14.4 Å². The molecule has 0 spiro atoms. The molecule has 1 unspecified atom stereocenters. The first-order valence-corrected chi connectivity index (χ1v) is 9.34. The largest absolute Gasteiger partial charge is 0.508 e. The third-order valence-electron chi connectivity index (χ3n) is 5.22. The number of pyridine rings is 1. The molecule has 28 heavy (non-hydrogen) atoms. The van der Waals surface area contributed by atoms with Gasteiger partial charge in [-0.1, -0.05) is 20.8 Å². The van der Waals surface area contributed by atoms with Crippen LogP contribution in [-0.4, -0.2) is 32.0 Å². The normalized spacial score (nSPS) is 15.9. The fraction of sp³-hybridized carbons (Fsp3) is 0.381. The van der Waals surface area contributed by atoms with Gasteiger partial charge in [0.05, 0.1) is 36.1 Å². The monoisotopic (exact) mass is 381 g/mol. The van der Waals surface area contributed by atoms with Gasteiger partial charge in [0.15, 0.2) is 5.43 Å². The Morgan fingerprint density at radius 1 is 1.32 bits per heavy atom. The second kappa shape index (κ2) is 6.22. The molecule has 1 aliphatic rings. The Hall–Kier alpha value is -3.09. The molecule has 146 valence electrons. The van der Waals surface area contributed by atoms with Crippen molar-refractivity contribution in [3.63, 3.8) is 0 Å². The molecule has 0 amide bonds. The molecule has 1 aromatic carbocycles. The molecule has 0 bridgehead atoms. The van der Waals surface area contributed by atoms with Crippen LogP contribution in [0.1, 0.15) is 44.1 Å². The van der Waals surface area contributed by atoms with Crippen LogP contribution >= 0.6 is 0 Å². The van der Waals surface area contributed by atoms with E-state index in [0.717, 1.165) is 16.6 Å². The first-order chi connectivity index (χ1) is 13.2. The Labute approximate surface area is 162 Å². The van der Waals surface area contributed by atoms with Crippen molar-refractivity contribution in [2.45, 2.75) is 40.3 Å². The van der Waals surface area contributed by atoms with Crippen molar-refractivity contribution in [3.8, 4) is 17.1 Å². The van der Waals surface area contributed by atoms with E-state index in [2.05, 4.69) is 25.9 Å². The molecular formula is C21H23N3O4. The number of phenols is 1. The van der Waals surface area contributed by atoms with Crippen LogP contribution < -0.4 is 5.43 Å². The fourth-order valence-corrected chi connectivity index (χ4v) is 3.82. The molecule has 7 nitrogen and oxygen atoms in total. The molecule has 3 heterocycles. The summed E-state index contributed by atoms with van der Waals surface area (Å²) in [6, 6.07) is 6.46. The van der Waals surface area contributed by atoms with Crippen LogP contribution in [0.5, 0.6) is 5.75 Å². The quantitative estimate of drug-likeness (QED) is 0.688. The third kappa shape index (κ3) is 2.78. The third-order valence-corrected chi connectivity index (χ3v) is 5.22. The van der Waals surface area contributed by atoms with Crippen LogP contribution in [0.4, 0.5) is 0 Å². The fourth-order valence-electron chi connectivity index (χ4n) is 3.82. The highest BCUT2D eigenvalue weighted by Gasteiger charge is 2.35. The van der Waals surface area contributed by atoms with Gasteiger partial charge in [-0.05, 0) is 30.5 Å². The minimum absolute atomic E-state index is 0.0216. The number of aromatic nitrogens is 3. The Kier molecular flexibility index (Phi) is 4.06. The highest BCUT2D eigenvalue weighted by atomic mass is 16.5. The van der Waals surface area contributed by atoms with Crippen molar-refractivity contribution in [3.05, 3.63) is 46.2 Å². The molecule has 2 aromatic heterocycles. The molecule has 0 saturated heterocycles. The molecular weight excluding hydrogens is 358 g/mol. The summed E-state index contributed by atoms with van der Waals surface area (Å²) in [5, 5.41) is 15.4. The Balaban J connectivity index is 2.03. The van der Waals surface area contributed by atoms with E-state index in [-0.39, 0.29) is 34.8 Å². The van der Waals surface area contributed by atoms with Gasteiger partial charge in [-0.2, -0.15) is 5.10 Å². The second-order valence-electron chi connectivity index (χ2n) is 8.18. The summed E-state index contributed by atoms with van der Waals surface area (Å²) >= 11 is 0. The highest BCUT2D eigenvalue weighted by Crippen LogP contribution is 2.42. The van der Waals surface area contributed by atoms with Crippen LogP contribution in [0, 0.1) is 5.41 Å². The minimum Gasteiger partial charge on any atom is -0.508 e. The lowest BCUT2D eigenvalue weighted by Gasteiger charge is -2.38. The number of nitrogens with zero attached hydrogens (tertiary/aromatic N) is 3. The van der Waals surface area contributed by atoms with Gasteiger partial charge in [0, 0.05) is 17.6 Å². The number of carbonyl (C=O) groups is 1. The first kappa shape index (κ1) is 18.3. The summed E-state index contributed by atoms with van der Waals surface area (Å²) in [6.07, 6.45) is 1.61. The van der Waals surface area contributed by atoms with Gasteiger partial charge >= 0.3 is 5.97 Å². The SMILES string of the molecule is CCOC(=O)c1cn2c(cc1=O)-c1c3cc(O)ccc3nn1CC2C(C)(C)C. The van der Waals surface area contributed by atoms with Gasteiger partial charge in [0.2, 0.25) is 0 Å². The van der Waals surface area contributed by atoms with Crippen LogP contribution in [0.2, 0.25) is 0 Å². The zero-order valence-corrected chi connectivity index (χ0v) is 16.4. The smallest absolute Gasteiger partial charge is 0.343 e. The van der Waals surface area contributed by atoms with Crippen molar-refractivity contribution in [1.82, 2.24) is 14.3 Å². The summed E-state index contributed by atoms with van der Waals surface area (Å²) in [6.45, 7) is 8.85. The van der Waals surface area contributed by atoms with E-state index in [4.69, 9.17) is 4.74 Å². The van der Waals surface area contributed by atoms with E-state index in [1.807, 2.05) is 9.25 Å². The predicted octanol–water partition coefficient (Wildman–Crippen LogP) is 3.35. The number of ether oxygens (including phenoxy) is 1. The van der Waals surface area contributed by atoms with Gasteiger partial charge in [0.1, 0.15) is 11.3 Å². The van der Waals surface area contributed by atoms with Crippen molar-refractivity contribution >= 4 is 16.9 Å². The first-order valence-electron chi connectivity index (χ1n) is 9.34. The van der Waals surface area contributed by atoms with E-state index >= 15 is 0 Å². The number of benzene rings is 1. The molecule has 7 heteroatoms.